The fourth-order valence-corrected chi connectivity index (χ4v) is 3.59. The zero-order chi connectivity index (χ0) is 14.9. The lowest BCUT2D eigenvalue weighted by atomic mass is 9.91. The van der Waals surface area contributed by atoms with Gasteiger partial charge < -0.3 is 10.6 Å². The fraction of sp³-hybridized carbons (Fsp3) is 0.611. The molecule has 0 aromatic heterocycles. The van der Waals surface area contributed by atoms with E-state index in [0.29, 0.717) is 11.3 Å². The highest BCUT2D eigenvalue weighted by atomic mass is 16.2. The highest BCUT2D eigenvalue weighted by Crippen LogP contribution is 2.58. The van der Waals surface area contributed by atoms with Crippen LogP contribution in [0.5, 0.6) is 0 Å². The van der Waals surface area contributed by atoms with Crippen molar-refractivity contribution >= 4 is 5.91 Å². The van der Waals surface area contributed by atoms with Gasteiger partial charge in [-0.3, -0.25) is 4.79 Å². The van der Waals surface area contributed by atoms with Gasteiger partial charge in [0, 0.05) is 12.5 Å². The summed E-state index contributed by atoms with van der Waals surface area (Å²) in [4.78, 5) is 12.3. The van der Waals surface area contributed by atoms with E-state index in [0.717, 1.165) is 26.1 Å². The molecule has 1 aliphatic carbocycles. The Bertz CT molecular complexity index is 502. The van der Waals surface area contributed by atoms with Crippen LogP contribution < -0.4 is 10.6 Å². The van der Waals surface area contributed by atoms with E-state index in [1.165, 1.54) is 24.0 Å². The van der Waals surface area contributed by atoms with E-state index in [1.807, 2.05) is 0 Å². The first-order valence-corrected chi connectivity index (χ1v) is 8.16. The monoisotopic (exact) mass is 286 g/mol. The number of carbonyl (C=O) groups excluding carboxylic acids is 1. The highest BCUT2D eigenvalue weighted by Gasteiger charge is 2.57. The van der Waals surface area contributed by atoms with Crippen molar-refractivity contribution in [3.63, 3.8) is 0 Å². The van der Waals surface area contributed by atoms with E-state index >= 15 is 0 Å². The van der Waals surface area contributed by atoms with Gasteiger partial charge >= 0.3 is 0 Å². The van der Waals surface area contributed by atoms with Crippen LogP contribution in [0.15, 0.2) is 24.3 Å². The van der Waals surface area contributed by atoms with Crippen molar-refractivity contribution in [3.05, 3.63) is 35.4 Å². The fourth-order valence-electron chi connectivity index (χ4n) is 3.59. The van der Waals surface area contributed by atoms with Crippen LogP contribution in [0, 0.1) is 18.3 Å². The van der Waals surface area contributed by atoms with Gasteiger partial charge in [-0.15, -0.1) is 0 Å². The summed E-state index contributed by atoms with van der Waals surface area (Å²) in [6, 6.07) is 8.60. The summed E-state index contributed by atoms with van der Waals surface area (Å²) in [5.74, 6) is 0.915. The second kappa shape index (κ2) is 5.80. The molecule has 0 radical (unpaired) electrons. The highest BCUT2D eigenvalue weighted by molar-refractivity contribution is 5.82. The lowest BCUT2D eigenvalue weighted by Crippen LogP contribution is -2.34. The molecule has 1 aromatic rings. The van der Waals surface area contributed by atoms with Crippen LogP contribution in [0.3, 0.4) is 0 Å². The molecule has 3 nitrogen and oxygen atoms in total. The number of amides is 1. The summed E-state index contributed by atoms with van der Waals surface area (Å²) in [5, 5.41) is 6.55. The minimum absolute atomic E-state index is 0.268. The van der Waals surface area contributed by atoms with Crippen molar-refractivity contribution in [2.75, 3.05) is 19.6 Å². The van der Waals surface area contributed by atoms with Gasteiger partial charge in [-0.05, 0) is 56.2 Å². The first-order valence-electron chi connectivity index (χ1n) is 8.16. The Morgan fingerprint density at radius 3 is 2.67 bits per heavy atom. The van der Waals surface area contributed by atoms with E-state index in [-0.39, 0.29) is 11.8 Å². The third-order valence-electron chi connectivity index (χ3n) is 5.33. The summed E-state index contributed by atoms with van der Waals surface area (Å²) < 4.78 is 0. The first-order chi connectivity index (χ1) is 10.1. The maximum atomic E-state index is 12.3. The Kier molecular flexibility index (Phi) is 4.03. The predicted molar refractivity (Wildman–Crippen MR) is 85.2 cm³/mol. The number of nitrogens with one attached hydrogen (secondary N) is 2. The van der Waals surface area contributed by atoms with Gasteiger partial charge in [0.25, 0.3) is 0 Å². The maximum absolute atomic E-state index is 12.3. The van der Waals surface area contributed by atoms with Gasteiger partial charge in [-0.25, -0.2) is 0 Å². The zero-order valence-electron chi connectivity index (χ0n) is 13.1. The molecule has 3 heteroatoms. The van der Waals surface area contributed by atoms with Crippen LogP contribution in [0.4, 0.5) is 0 Å². The second-order valence-electron chi connectivity index (χ2n) is 6.93. The van der Waals surface area contributed by atoms with Gasteiger partial charge in [-0.2, -0.15) is 0 Å². The molecule has 3 rings (SSSR count). The summed E-state index contributed by atoms with van der Waals surface area (Å²) in [5.41, 5.74) is 2.91. The summed E-state index contributed by atoms with van der Waals surface area (Å²) in [6.45, 7) is 7.17. The van der Waals surface area contributed by atoms with Crippen molar-refractivity contribution in [2.24, 2.45) is 11.3 Å². The number of carbonyl (C=O) groups is 1. The molecule has 2 atom stereocenters. The molecule has 1 aromatic carbocycles. The third-order valence-corrected chi connectivity index (χ3v) is 5.33. The predicted octanol–water partition coefficient (Wildman–Crippen LogP) is 2.60. The van der Waals surface area contributed by atoms with Gasteiger partial charge in [0.1, 0.15) is 0 Å². The van der Waals surface area contributed by atoms with Crippen LogP contribution in [0.2, 0.25) is 0 Å². The molecule has 1 aliphatic heterocycles. The molecule has 2 aliphatic rings. The van der Waals surface area contributed by atoms with E-state index in [4.69, 9.17) is 0 Å². The van der Waals surface area contributed by atoms with Crippen LogP contribution in [-0.4, -0.2) is 25.5 Å². The third kappa shape index (κ3) is 3.13. The smallest absolute Gasteiger partial charge is 0.223 e. The van der Waals surface area contributed by atoms with Crippen LogP contribution in [0.25, 0.3) is 0 Å². The minimum Gasteiger partial charge on any atom is -0.355 e. The average molecular weight is 286 g/mol. The molecule has 1 heterocycles. The summed E-state index contributed by atoms with van der Waals surface area (Å²) in [7, 11) is 0. The number of hydrogen-bond donors (Lipinski definition) is 2. The van der Waals surface area contributed by atoms with Crippen LogP contribution in [0.1, 0.15) is 43.2 Å². The van der Waals surface area contributed by atoms with Gasteiger partial charge in [0.15, 0.2) is 0 Å². The van der Waals surface area contributed by atoms with E-state index in [9.17, 15) is 4.79 Å². The molecule has 21 heavy (non-hydrogen) atoms. The Hall–Kier alpha value is -1.35. The largest absolute Gasteiger partial charge is 0.355 e. The SMILES string of the molecule is Cc1ccc(C(C)CNC(=O)C2CC23CCNCC3)cc1. The Labute approximate surface area is 127 Å². The Balaban J connectivity index is 1.49. The molecular formula is C18H26N2O. The normalized spacial score (nSPS) is 24.6. The molecule has 2 N–H and O–H groups in total. The van der Waals surface area contributed by atoms with Crippen molar-refractivity contribution in [3.8, 4) is 0 Å². The molecule has 2 unspecified atom stereocenters. The van der Waals surface area contributed by atoms with Crippen LogP contribution in [-0.2, 0) is 4.79 Å². The Morgan fingerprint density at radius 1 is 1.33 bits per heavy atom. The molecule has 1 saturated heterocycles. The molecule has 0 bridgehead atoms. The van der Waals surface area contributed by atoms with E-state index in [1.54, 1.807) is 0 Å². The molecular weight excluding hydrogens is 260 g/mol. The quantitative estimate of drug-likeness (QED) is 0.893. The van der Waals surface area contributed by atoms with Crippen molar-refractivity contribution < 1.29 is 4.79 Å². The van der Waals surface area contributed by atoms with Crippen LogP contribution >= 0.6 is 0 Å². The van der Waals surface area contributed by atoms with Crippen molar-refractivity contribution in [2.45, 2.75) is 39.0 Å². The first kappa shape index (κ1) is 14.6. The number of benzene rings is 1. The molecule has 1 saturated carbocycles. The van der Waals surface area contributed by atoms with E-state index in [2.05, 4.69) is 48.7 Å². The lowest BCUT2D eigenvalue weighted by molar-refractivity contribution is -0.123. The number of piperidine rings is 1. The zero-order valence-corrected chi connectivity index (χ0v) is 13.1. The lowest BCUT2D eigenvalue weighted by Gasteiger charge is -2.23. The van der Waals surface area contributed by atoms with Crippen molar-refractivity contribution in [1.82, 2.24) is 10.6 Å². The average Bonchev–Trinajstić information content (AvgIpc) is 3.19. The van der Waals surface area contributed by atoms with Gasteiger partial charge in [-0.1, -0.05) is 36.8 Å². The molecule has 2 fully saturated rings. The van der Waals surface area contributed by atoms with Gasteiger partial charge in [0.05, 0.1) is 0 Å². The Morgan fingerprint density at radius 2 is 2.00 bits per heavy atom. The van der Waals surface area contributed by atoms with Gasteiger partial charge in [0.2, 0.25) is 5.91 Å². The minimum atomic E-state index is 0.268. The summed E-state index contributed by atoms with van der Waals surface area (Å²) >= 11 is 0. The number of hydrogen-bond acceptors (Lipinski definition) is 2. The van der Waals surface area contributed by atoms with E-state index < -0.39 is 0 Å². The molecule has 114 valence electrons. The molecule has 1 spiro atoms. The number of aryl methyl sites for hydroxylation is 1. The van der Waals surface area contributed by atoms with Crippen molar-refractivity contribution in [1.29, 1.82) is 0 Å². The second-order valence-corrected chi connectivity index (χ2v) is 6.93. The standard InChI is InChI=1S/C18H26N2O/c1-13-3-5-15(6-4-13)14(2)12-20-17(21)16-11-18(16)7-9-19-10-8-18/h3-6,14,16,19H,7-12H2,1-2H3,(H,20,21). The number of rotatable bonds is 4. The molecule has 1 amide bonds. The maximum Gasteiger partial charge on any atom is 0.223 e. The topological polar surface area (TPSA) is 41.1 Å². The summed E-state index contributed by atoms with van der Waals surface area (Å²) in [6.07, 6.45) is 3.43.